The van der Waals surface area contributed by atoms with Crippen molar-refractivity contribution in [3.8, 4) is 0 Å². The summed E-state index contributed by atoms with van der Waals surface area (Å²) in [5, 5.41) is 0. The molecule has 14 heavy (non-hydrogen) atoms. The highest BCUT2D eigenvalue weighted by Crippen LogP contribution is 2.20. The molecule has 0 fully saturated rings. The summed E-state index contributed by atoms with van der Waals surface area (Å²) in [6, 6.07) is 3.84. The number of rotatable bonds is 2. The van der Waals surface area contributed by atoms with E-state index in [1.165, 1.54) is 0 Å². The van der Waals surface area contributed by atoms with E-state index in [2.05, 4.69) is 0 Å². The molecule has 1 rings (SSSR count). The molecule has 2 nitrogen and oxygen atoms in total. The zero-order valence-electron chi connectivity index (χ0n) is 8.63. The van der Waals surface area contributed by atoms with Gasteiger partial charge in [-0.1, -0.05) is 17.7 Å². The molecule has 0 spiro atoms. The molecule has 1 aromatic rings. The molecule has 0 bridgehead atoms. The van der Waals surface area contributed by atoms with E-state index in [-0.39, 0.29) is 15.4 Å². The molecule has 0 heterocycles. The normalized spacial score (nSPS) is 9.64. The molecule has 76 valence electrons. The van der Waals surface area contributed by atoms with E-state index in [1.807, 2.05) is 32.9 Å². The molecular weight excluding hydrogens is 214 g/mol. The second kappa shape index (κ2) is 5.34. The van der Waals surface area contributed by atoms with Gasteiger partial charge in [0.25, 0.3) is 5.52 Å². The lowest BCUT2D eigenvalue weighted by molar-refractivity contribution is 0.108. The summed E-state index contributed by atoms with van der Waals surface area (Å²) in [7, 11) is -0.434. The fourth-order valence-electron chi connectivity index (χ4n) is 1.56. The Hall–Kier alpha value is -0.580. The second-order valence-electron chi connectivity index (χ2n) is 3.17. The van der Waals surface area contributed by atoms with E-state index >= 15 is 0 Å². The summed E-state index contributed by atoms with van der Waals surface area (Å²) >= 11 is 0. The summed E-state index contributed by atoms with van der Waals surface area (Å²) in [5.41, 5.74) is 3.16. The van der Waals surface area contributed by atoms with Gasteiger partial charge in [-0.05, 0) is 31.9 Å². The first kappa shape index (κ1) is 13.4. The minimum atomic E-state index is -0.434. The Kier molecular flexibility index (Phi) is 5.12. The molecule has 1 unspecified atom stereocenters. The highest BCUT2D eigenvalue weighted by molar-refractivity contribution is 7.47. The summed E-state index contributed by atoms with van der Waals surface area (Å²) < 4.78 is 10.4. The van der Waals surface area contributed by atoms with Crippen LogP contribution in [0.3, 0.4) is 0 Å². The molecule has 0 saturated heterocycles. The van der Waals surface area contributed by atoms with E-state index < -0.39 is 8.46 Å². The summed E-state index contributed by atoms with van der Waals surface area (Å²) in [5.74, 6) is 0. The number of aryl methyl sites for hydroxylation is 3. The van der Waals surface area contributed by atoms with E-state index in [1.54, 1.807) is 0 Å². The number of carbonyl (C=O) groups excluding carboxylic acids is 1. The van der Waals surface area contributed by atoms with E-state index in [0.29, 0.717) is 5.56 Å². The first-order valence-corrected chi connectivity index (χ1v) is 4.83. The highest BCUT2D eigenvalue weighted by Gasteiger charge is 2.11. The zero-order chi connectivity index (χ0) is 10.0. The fourth-order valence-corrected chi connectivity index (χ4v) is 2.01. The van der Waals surface area contributed by atoms with Crippen molar-refractivity contribution in [1.82, 2.24) is 0 Å². The van der Waals surface area contributed by atoms with Crippen LogP contribution in [0, 0.1) is 20.8 Å². The lowest BCUT2D eigenvalue weighted by Gasteiger charge is -2.06. The summed E-state index contributed by atoms with van der Waals surface area (Å²) in [6.45, 7) is 5.69. The van der Waals surface area contributed by atoms with Crippen molar-refractivity contribution in [2.24, 2.45) is 0 Å². The van der Waals surface area contributed by atoms with Crippen LogP contribution in [-0.4, -0.2) is 5.52 Å². The van der Waals surface area contributed by atoms with Gasteiger partial charge in [0.15, 0.2) is 0 Å². The van der Waals surface area contributed by atoms with E-state index in [9.17, 15) is 9.36 Å². The largest absolute Gasteiger partial charge is 0.280 e. The third-order valence-electron chi connectivity index (χ3n) is 1.97. The Bertz CT molecular complexity index is 349. The van der Waals surface area contributed by atoms with Crippen molar-refractivity contribution in [2.75, 3.05) is 0 Å². The molecule has 0 N–H and O–H groups in total. The van der Waals surface area contributed by atoms with Gasteiger partial charge in [-0.2, -0.15) is 9.90 Å². The summed E-state index contributed by atoms with van der Waals surface area (Å²) in [6.07, 6.45) is 0. The topological polar surface area (TPSA) is 34.1 Å². The lowest BCUT2D eigenvalue weighted by atomic mass is 10.0. The molecule has 0 aliphatic rings. The summed E-state index contributed by atoms with van der Waals surface area (Å²) in [4.78, 5) is 11.2. The molecule has 0 radical (unpaired) electrons. The van der Waals surface area contributed by atoms with E-state index in [0.717, 1.165) is 16.7 Å². The van der Waals surface area contributed by atoms with Gasteiger partial charge < -0.3 is 0 Å². The molecule has 0 aromatic heterocycles. The van der Waals surface area contributed by atoms with Gasteiger partial charge in [-0.3, -0.25) is 9.36 Å². The first-order chi connectivity index (χ1) is 6.06. The average Bonchev–Trinajstić information content (AvgIpc) is 2.02. The van der Waals surface area contributed by atoms with E-state index in [4.69, 9.17) is 0 Å². The fraction of sp³-hybridized carbons (Fsp3) is 0.300. The van der Waals surface area contributed by atoms with Crippen molar-refractivity contribution in [1.29, 1.82) is 0 Å². The molecular formula is C10H14O2P2. The van der Waals surface area contributed by atoms with Crippen LogP contribution in [0.4, 0.5) is 0 Å². The van der Waals surface area contributed by atoms with Gasteiger partial charge >= 0.3 is 0 Å². The van der Waals surface area contributed by atoms with Crippen LogP contribution in [0.25, 0.3) is 0 Å². The molecule has 1 atom stereocenters. The number of hydrogen-bond acceptors (Lipinski definition) is 2. The van der Waals surface area contributed by atoms with Crippen LogP contribution < -0.4 is 0 Å². The van der Waals surface area contributed by atoms with Crippen molar-refractivity contribution < 1.29 is 9.36 Å². The Balaban J connectivity index is 0.00000169. The van der Waals surface area contributed by atoms with Crippen LogP contribution in [-0.2, 0) is 4.57 Å². The molecule has 0 aliphatic heterocycles. The van der Waals surface area contributed by atoms with Crippen LogP contribution in [0.2, 0.25) is 0 Å². The maximum Gasteiger partial charge on any atom is 0.253 e. The lowest BCUT2D eigenvalue weighted by Crippen LogP contribution is -1.98. The highest BCUT2D eigenvalue weighted by atomic mass is 31.1. The maximum absolute atomic E-state index is 11.2. The third-order valence-corrected chi connectivity index (χ3v) is 2.36. The predicted octanol–water partition coefficient (Wildman–Crippen LogP) is 3.10. The minimum absolute atomic E-state index is 0. The van der Waals surface area contributed by atoms with Crippen molar-refractivity contribution in [3.05, 3.63) is 34.4 Å². The smallest absolute Gasteiger partial charge is 0.253 e. The Morgan fingerprint density at radius 2 is 1.57 bits per heavy atom. The SMILES string of the molecule is Cc1cc(C)c(C(=O)P=O)c(C)c1.P. The standard InChI is InChI=1S/C10H11O2P.H3P/c1-6-4-7(2)9(8(3)5-6)10(11)13-12;/h4-5H,1-3H3;1H3. The van der Waals surface area contributed by atoms with Gasteiger partial charge in [0, 0.05) is 5.56 Å². The van der Waals surface area contributed by atoms with Crippen molar-refractivity contribution in [3.63, 3.8) is 0 Å². The first-order valence-electron chi connectivity index (χ1n) is 4.02. The number of carbonyl (C=O) groups is 1. The van der Waals surface area contributed by atoms with Gasteiger partial charge in [0.05, 0.1) is 0 Å². The monoisotopic (exact) mass is 228 g/mol. The second-order valence-corrected chi connectivity index (χ2v) is 3.76. The van der Waals surface area contributed by atoms with Crippen molar-refractivity contribution >= 4 is 23.9 Å². The quantitative estimate of drug-likeness (QED) is 0.729. The molecule has 0 aliphatic carbocycles. The average molecular weight is 228 g/mol. The molecule has 1 aromatic carbocycles. The third kappa shape index (κ3) is 2.70. The van der Waals surface area contributed by atoms with Crippen molar-refractivity contribution in [2.45, 2.75) is 20.8 Å². The Morgan fingerprint density at radius 3 is 1.93 bits per heavy atom. The van der Waals surface area contributed by atoms with Crippen LogP contribution in [0.15, 0.2) is 12.1 Å². The Labute approximate surface area is 88.9 Å². The van der Waals surface area contributed by atoms with Crippen LogP contribution in [0.5, 0.6) is 0 Å². The number of benzene rings is 1. The van der Waals surface area contributed by atoms with Gasteiger partial charge in [0.1, 0.15) is 0 Å². The zero-order valence-corrected chi connectivity index (χ0v) is 10.9. The maximum atomic E-state index is 11.2. The van der Waals surface area contributed by atoms with Gasteiger partial charge in [0.2, 0.25) is 8.46 Å². The molecule has 0 saturated carbocycles. The van der Waals surface area contributed by atoms with Gasteiger partial charge in [-0.15, -0.1) is 0 Å². The molecule has 0 amide bonds. The minimum Gasteiger partial charge on any atom is -0.280 e. The Morgan fingerprint density at radius 1 is 1.14 bits per heavy atom. The van der Waals surface area contributed by atoms with Gasteiger partial charge in [-0.25, -0.2) is 0 Å². The van der Waals surface area contributed by atoms with Crippen LogP contribution in [0.1, 0.15) is 27.0 Å². The van der Waals surface area contributed by atoms with Crippen LogP contribution >= 0.6 is 18.4 Å². The predicted molar refractivity (Wildman–Crippen MR) is 63.7 cm³/mol. The number of hydrogen-bond donors (Lipinski definition) is 0. The molecule has 4 heteroatoms.